The van der Waals surface area contributed by atoms with Gasteiger partial charge in [0.2, 0.25) is 11.7 Å². The number of rotatable bonds is 4. The van der Waals surface area contributed by atoms with E-state index in [0.717, 1.165) is 9.92 Å². The van der Waals surface area contributed by atoms with Crippen LogP contribution in [-0.2, 0) is 0 Å². The van der Waals surface area contributed by atoms with Crippen molar-refractivity contribution >= 4 is 23.4 Å². The average Bonchev–Trinajstić information content (AvgIpc) is 3.11. The molecule has 20 heavy (non-hydrogen) atoms. The molecule has 0 fully saturated rings. The molecule has 0 amide bonds. The van der Waals surface area contributed by atoms with E-state index in [1.165, 1.54) is 0 Å². The lowest BCUT2D eigenvalue weighted by molar-refractivity contribution is 0.379. The summed E-state index contributed by atoms with van der Waals surface area (Å²) in [4.78, 5) is 5.44. The second-order valence-corrected chi connectivity index (χ2v) is 6.00. The highest BCUT2D eigenvalue weighted by Crippen LogP contribution is 2.35. The molecular weight excluding hydrogens is 296 g/mol. The van der Waals surface area contributed by atoms with Crippen molar-refractivity contribution in [1.82, 2.24) is 10.1 Å². The Kier molecular flexibility index (Phi) is 3.80. The zero-order chi connectivity index (χ0) is 13.9. The third-order valence-corrected chi connectivity index (χ3v) is 4.01. The summed E-state index contributed by atoms with van der Waals surface area (Å²) in [7, 11) is 0. The van der Waals surface area contributed by atoms with Gasteiger partial charge in [0.1, 0.15) is 0 Å². The summed E-state index contributed by atoms with van der Waals surface area (Å²) in [6, 6.07) is 11.2. The Labute approximate surface area is 125 Å². The van der Waals surface area contributed by atoms with E-state index in [2.05, 4.69) is 10.1 Å². The number of benzene rings is 1. The first-order chi connectivity index (χ1) is 9.72. The van der Waals surface area contributed by atoms with Gasteiger partial charge in [-0.2, -0.15) is 4.98 Å². The van der Waals surface area contributed by atoms with Crippen molar-refractivity contribution in [3.05, 3.63) is 53.6 Å². The van der Waals surface area contributed by atoms with Crippen LogP contribution in [0.5, 0.6) is 0 Å². The normalized spacial score (nSPS) is 12.5. The van der Waals surface area contributed by atoms with Crippen LogP contribution in [0, 0.1) is 0 Å². The van der Waals surface area contributed by atoms with E-state index in [-0.39, 0.29) is 5.25 Å². The van der Waals surface area contributed by atoms with Crippen LogP contribution in [-0.4, -0.2) is 10.1 Å². The molecule has 0 saturated carbocycles. The van der Waals surface area contributed by atoms with Gasteiger partial charge in [0.25, 0.3) is 0 Å². The van der Waals surface area contributed by atoms with E-state index in [0.29, 0.717) is 17.5 Å². The van der Waals surface area contributed by atoms with Gasteiger partial charge in [-0.15, -0.1) is 11.8 Å². The molecule has 0 radical (unpaired) electrons. The largest absolute Gasteiger partial charge is 0.461 e. The quantitative estimate of drug-likeness (QED) is 0.646. The van der Waals surface area contributed by atoms with E-state index in [9.17, 15) is 0 Å². The molecule has 2 heterocycles. The monoisotopic (exact) mass is 306 g/mol. The molecule has 0 spiro atoms. The Morgan fingerprint density at radius 3 is 2.70 bits per heavy atom. The zero-order valence-corrected chi connectivity index (χ0v) is 12.2. The first-order valence-electron chi connectivity index (χ1n) is 6.02. The highest BCUT2D eigenvalue weighted by molar-refractivity contribution is 7.99. The molecule has 0 aliphatic heterocycles. The molecule has 6 heteroatoms. The fourth-order valence-electron chi connectivity index (χ4n) is 1.67. The summed E-state index contributed by atoms with van der Waals surface area (Å²) in [5.74, 6) is 1.63. The summed E-state index contributed by atoms with van der Waals surface area (Å²) < 4.78 is 10.5. The molecule has 102 valence electrons. The Bertz CT molecular complexity index is 680. The lowest BCUT2D eigenvalue weighted by Crippen LogP contribution is -1.88. The van der Waals surface area contributed by atoms with Crippen LogP contribution in [0.3, 0.4) is 0 Å². The number of aromatic nitrogens is 2. The molecule has 0 aliphatic carbocycles. The molecule has 0 unspecified atom stereocenters. The molecule has 0 aliphatic rings. The van der Waals surface area contributed by atoms with Crippen LogP contribution in [0.25, 0.3) is 11.6 Å². The lowest BCUT2D eigenvalue weighted by atomic mass is 10.4. The summed E-state index contributed by atoms with van der Waals surface area (Å²) in [6.45, 7) is 2.01. The highest BCUT2D eigenvalue weighted by Gasteiger charge is 2.17. The number of halogens is 1. The van der Waals surface area contributed by atoms with Crippen molar-refractivity contribution in [3.63, 3.8) is 0 Å². The fourth-order valence-corrected chi connectivity index (χ4v) is 2.70. The van der Waals surface area contributed by atoms with Gasteiger partial charge in [-0.25, -0.2) is 0 Å². The van der Waals surface area contributed by atoms with Gasteiger partial charge in [-0.1, -0.05) is 16.8 Å². The second kappa shape index (κ2) is 5.73. The van der Waals surface area contributed by atoms with Gasteiger partial charge in [0, 0.05) is 9.92 Å². The summed E-state index contributed by atoms with van der Waals surface area (Å²) in [6.07, 6.45) is 1.58. The summed E-state index contributed by atoms with van der Waals surface area (Å²) in [5, 5.41) is 4.69. The van der Waals surface area contributed by atoms with E-state index in [1.807, 2.05) is 31.2 Å². The van der Waals surface area contributed by atoms with Crippen LogP contribution in [0.1, 0.15) is 18.1 Å². The van der Waals surface area contributed by atoms with Crippen molar-refractivity contribution < 1.29 is 8.94 Å². The molecule has 0 N–H and O–H groups in total. The van der Waals surface area contributed by atoms with Crippen LogP contribution in [0.15, 0.2) is 56.5 Å². The number of thioether (sulfide) groups is 1. The average molecular weight is 307 g/mol. The minimum absolute atomic E-state index is 0.0485. The maximum Gasteiger partial charge on any atom is 0.240 e. The van der Waals surface area contributed by atoms with Gasteiger partial charge in [0.15, 0.2) is 5.76 Å². The van der Waals surface area contributed by atoms with E-state index in [1.54, 1.807) is 30.2 Å². The van der Waals surface area contributed by atoms with Gasteiger partial charge >= 0.3 is 0 Å². The SMILES string of the molecule is C[C@H](Sc1ccc(Cl)cc1)c1nc(-c2ccco2)no1. The highest BCUT2D eigenvalue weighted by atomic mass is 35.5. The summed E-state index contributed by atoms with van der Waals surface area (Å²) in [5.41, 5.74) is 0. The third-order valence-electron chi connectivity index (χ3n) is 2.66. The van der Waals surface area contributed by atoms with Crippen LogP contribution in [0.2, 0.25) is 5.02 Å². The third kappa shape index (κ3) is 2.89. The number of hydrogen-bond donors (Lipinski definition) is 0. The minimum atomic E-state index is 0.0485. The van der Waals surface area contributed by atoms with E-state index in [4.69, 9.17) is 20.5 Å². The van der Waals surface area contributed by atoms with Crippen LogP contribution in [0.4, 0.5) is 0 Å². The Morgan fingerprint density at radius 2 is 2.00 bits per heavy atom. The predicted octanol–water partition coefficient (Wildman–Crippen LogP) is 4.84. The van der Waals surface area contributed by atoms with Crippen molar-refractivity contribution in [3.8, 4) is 11.6 Å². The Morgan fingerprint density at radius 1 is 1.20 bits per heavy atom. The Balaban J connectivity index is 1.74. The molecule has 1 atom stereocenters. The fraction of sp³-hybridized carbons (Fsp3) is 0.143. The van der Waals surface area contributed by atoms with Crippen LogP contribution < -0.4 is 0 Å². The van der Waals surface area contributed by atoms with Crippen molar-refractivity contribution in [2.75, 3.05) is 0 Å². The van der Waals surface area contributed by atoms with Gasteiger partial charge in [0.05, 0.1) is 11.5 Å². The second-order valence-electron chi connectivity index (χ2n) is 4.15. The number of nitrogens with zero attached hydrogens (tertiary/aromatic N) is 2. The zero-order valence-electron chi connectivity index (χ0n) is 10.6. The van der Waals surface area contributed by atoms with Crippen molar-refractivity contribution in [2.24, 2.45) is 0 Å². The molecule has 3 rings (SSSR count). The lowest BCUT2D eigenvalue weighted by Gasteiger charge is -2.05. The molecule has 3 aromatic rings. The topological polar surface area (TPSA) is 52.1 Å². The molecule has 4 nitrogen and oxygen atoms in total. The van der Waals surface area contributed by atoms with Crippen molar-refractivity contribution in [2.45, 2.75) is 17.1 Å². The summed E-state index contributed by atoms with van der Waals surface area (Å²) >= 11 is 7.50. The standard InChI is InChI=1S/C14H11ClN2O2S/c1-9(20-11-6-4-10(15)5-7-11)14-16-13(17-19-14)12-3-2-8-18-12/h2-9H,1H3/t9-/m0/s1. The maximum absolute atomic E-state index is 5.87. The van der Waals surface area contributed by atoms with Gasteiger partial charge < -0.3 is 8.94 Å². The van der Waals surface area contributed by atoms with Crippen molar-refractivity contribution in [1.29, 1.82) is 0 Å². The smallest absolute Gasteiger partial charge is 0.240 e. The number of hydrogen-bond acceptors (Lipinski definition) is 5. The first kappa shape index (κ1) is 13.3. The maximum atomic E-state index is 5.87. The molecule has 1 aromatic carbocycles. The molecule has 2 aromatic heterocycles. The van der Waals surface area contributed by atoms with Crippen LogP contribution >= 0.6 is 23.4 Å². The molecule has 0 bridgehead atoms. The first-order valence-corrected chi connectivity index (χ1v) is 7.28. The van der Waals surface area contributed by atoms with E-state index >= 15 is 0 Å². The van der Waals surface area contributed by atoms with Gasteiger partial charge in [-0.05, 0) is 43.3 Å². The number of furan rings is 1. The van der Waals surface area contributed by atoms with Gasteiger partial charge in [-0.3, -0.25) is 0 Å². The van der Waals surface area contributed by atoms with E-state index < -0.39 is 0 Å². The predicted molar refractivity (Wildman–Crippen MR) is 77.7 cm³/mol. The minimum Gasteiger partial charge on any atom is -0.461 e. The Hall–Kier alpha value is -1.72. The molecular formula is C14H11ClN2O2S. The molecule has 0 saturated heterocycles.